The number of nitrogen functional groups attached to an aromatic ring is 1. The fourth-order valence-electron chi connectivity index (χ4n) is 2.44. The lowest BCUT2D eigenvalue weighted by molar-refractivity contribution is 0.354. The van der Waals surface area contributed by atoms with Crippen molar-refractivity contribution in [1.29, 1.82) is 0 Å². The van der Waals surface area contributed by atoms with Crippen LogP contribution >= 0.6 is 0 Å². The van der Waals surface area contributed by atoms with E-state index in [0.29, 0.717) is 12.1 Å². The Morgan fingerprint density at radius 2 is 2.10 bits per heavy atom. The lowest BCUT2D eigenvalue weighted by Gasteiger charge is -2.26. The third-order valence-corrected chi connectivity index (χ3v) is 7.17. The first-order chi connectivity index (χ1) is 9.26. The molecule has 1 aromatic carbocycles. The first kappa shape index (κ1) is 15.3. The molecule has 1 heterocycles. The molecular formula is C12H18N2O4S2. The van der Waals surface area contributed by atoms with Crippen molar-refractivity contribution in [3.8, 4) is 0 Å². The van der Waals surface area contributed by atoms with Crippen LogP contribution in [0.3, 0.4) is 0 Å². The van der Waals surface area contributed by atoms with E-state index in [1.807, 2.05) is 0 Å². The van der Waals surface area contributed by atoms with Gasteiger partial charge in [0.15, 0.2) is 9.84 Å². The molecule has 2 rings (SSSR count). The Morgan fingerprint density at radius 3 is 2.60 bits per heavy atom. The average Bonchev–Trinajstić information content (AvgIpc) is 2.70. The molecule has 0 aliphatic carbocycles. The second-order valence-corrected chi connectivity index (χ2v) is 8.96. The molecule has 2 N–H and O–H groups in total. The van der Waals surface area contributed by atoms with Crippen LogP contribution in [-0.2, 0) is 19.9 Å². The van der Waals surface area contributed by atoms with Crippen LogP contribution in [0.4, 0.5) is 5.69 Å². The first-order valence-corrected chi connectivity index (χ1v) is 9.60. The van der Waals surface area contributed by atoms with Gasteiger partial charge < -0.3 is 5.73 Å². The zero-order valence-corrected chi connectivity index (χ0v) is 12.8. The minimum atomic E-state index is -3.72. The summed E-state index contributed by atoms with van der Waals surface area (Å²) >= 11 is 0. The van der Waals surface area contributed by atoms with Gasteiger partial charge in [-0.05, 0) is 24.6 Å². The van der Waals surface area contributed by atoms with Gasteiger partial charge in [-0.1, -0.05) is 13.0 Å². The Labute approximate surface area is 119 Å². The zero-order chi connectivity index (χ0) is 15.0. The number of benzene rings is 1. The van der Waals surface area contributed by atoms with Crippen molar-refractivity contribution in [1.82, 2.24) is 4.31 Å². The monoisotopic (exact) mass is 318 g/mol. The van der Waals surface area contributed by atoms with Crippen molar-refractivity contribution in [2.24, 2.45) is 0 Å². The standard InChI is InChI=1S/C12H18N2O4S2/c1-2-14(11-6-7-19(15,16)9-11)20(17,18)12-5-3-4-10(13)8-12/h3-5,8,11H,2,6-7,9,13H2,1H3. The van der Waals surface area contributed by atoms with Gasteiger partial charge in [0.05, 0.1) is 16.4 Å². The summed E-state index contributed by atoms with van der Waals surface area (Å²) in [6, 6.07) is 5.55. The van der Waals surface area contributed by atoms with Gasteiger partial charge in [0.1, 0.15) is 0 Å². The molecule has 0 aromatic heterocycles. The molecule has 1 fully saturated rings. The minimum Gasteiger partial charge on any atom is -0.399 e. The highest BCUT2D eigenvalue weighted by atomic mass is 32.2. The fourth-order valence-corrected chi connectivity index (χ4v) is 5.98. The van der Waals surface area contributed by atoms with E-state index in [9.17, 15) is 16.8 Å². The number of rotatable bonds is 4. The Hall–Kier alpha value is -1.12. The number of hydrogen-bond donors (Lipinski definition) is 1. The van der Waals surface area contributed by atoms with Crippen LogP contribution in [0.15, 0.2) is 29.2 Å². The fraction of sp³-hybridized carbons (Fsp3) is 0.500. The summed E-state index contributed by atoms with van der Waals surface area (Å²) in [6.45, 7) is 1.94. The van der Waals surface area contributed by atoms with Crippen molar-refractivity contribution in [3.05, 3.63) is 24.3 Å². The molecule has 1 atom stereocenters. The number of sulfone groups is 1. The summed E-state index contributed by atoms with van der Waals surface area (Å²) in [6.07, 6.45) is 0.345. The molecule has 0 radical (unpaired) electrons. The number of nitrogens with zero attached hydrogens (tertiary/aromatic N) is 1. The summed E-state index contributed by atoms with van der Waals surface area (Å²) in [7, 11) is -6.85. The molecule has 6 nitrogen and oxygen atoms in total. The lowest BCUT2D eigenvalue weighted by atomic mass is 10.3. The number of sulfonamides is 1. The predicted octanol–water partition coefficient (Wildman–Crippen LogP) is 0.466. The van der Waals surface area contributed by atoms with Crippen LogP contribution in [0.1, 0.15) is 13.3 Å². The topological polar surface area (TPSA) is 97.5 Å². The van der Waals surface area contributed by atoms with Crippen molar-refractivity contribution in [2.75, 3.05) is 23.8 Å². The van der Waals surface area contributed by atoms with E-state index in [-0.39, 0.29) is 22.9 Å². The van der Waals surface area contributed by atoms with Crippen LogP contribution < -0.4 is 5.73 Å². The highest BCUT2D eigenvalue weighted by Gasteiger charge is 2.37. The molecule has 1 aliphatic rings. The highest BCUT2D eigenvalue weighted by Crippen LogP contribution is 2.25. The van der Waals surface area contributed by atoms with E-state index in [1.54, 1.807) is 19.1 Å². The maximum atomic E-state index is 12.6. The second-order valence-electron chi connectivity index (χ2n) is 4.84. The molecule has 0 spiro atoms. The van der Waals surface area contributed by atoms with E-state index < -0.39 is 25.9 Å². The molecule has 1 saturated heterocycles. The van der Waals surface area contributed by atoms with Crippen LogP contribution in [0.2, 0.25) is 0 Å². The minimum absolute atomic E-state index is 0.0423. The smallest absolute Gasteiger partial charge is 0.243 e. The first-order valence-electron chi connectivity index (χ1n) is 6.34. The van der Waals surface area contributed by atoms with Gasteiger partial charge >= 0.3 is 0 Å². The predicted molar refractivity (Wildman–Crippen MR) is 77.5 cm³/mol. The van der Waals surface area contributed by atoms with Crippen molar-refractivity contribution in [3.63, 3.8) is 0 Å². The Bertz CT molecular complexity index is 698. The molecule has 112 valence electrons. The molecule has 20 heavy (non-hydrogen) atoms. The zero-order valence-electron chi connectivity index (χ0n) is 11.2. The second kappa shape index (κ2) is 5.34. The SMILES string of the molecule is CCN(C1CCS(=O)(=O)C1)S(=O)(=O)c1cccc(N)c1. The molecular weight excluding hydrogens is 300 g/mol. The summed E-state index contributed by atoms with van der Waals surface area (Å²) in [5, 5.41) is 0. The quantitative estimate of drug-likeness (QED) is 0.814. The van der Waals surface area contributed by atoms with Crippen LogP contribution in [0.5, 0.6) is 0 Å². The Balaban J connectivity index is 2.36. The van der Waals surface area contributed by atoms with Gasteiger partial charge in [0.25, 0.3) is 0 Å². The van der Waals surface area contributed by atoms with Crippen LogP contribution in [-0.4, -0.2) is 45.2 Å². The summed E-state index contributed by atoms with van der Waals surface area (Å²) < 4.78 is 49.5. The summed E-state index contributed by atoms with van der Waals surface area (Å²) in [5.74, 6) is -0.0665. The molecule has 0 saturated carbocycles. The largest absolute Gasteiger partial charge is 0.399 e. The van der Waals surface area contributed by atoms with Crippen molar-refractivity contribution in [2.45, 2.75) is 24.3 Å². The van der Waals surface area contributed by atoms with Crippen LogP contribution in [0, 0.1) is 0 Å². The van der Waals surface area contributed by atoms with E-state index in [2.05, 4.69) is 0 Å². The normalized spacial score (nSPS) is 22.2. The van der Waals surface area contributed by atoms with Gasteiger partial charge in [-0.2, -0.15) is 4.31 Å². The number of nitrogens with two attached hydrogens (primary N) is 1. The maximum absolute atomic E-state index is 12.6. The third kappa shape index (κ3) is 2.97. The molecule has 1 unspecified atom stereocenters. The summed E-state index contributed by atoms with van der Waals surface area (Å²) in [4.78, 5) is 0.101. The van der Waals surface area contributed by atoms with Crippen LogP contribution in [0.25, 0.3) is 0 Å². The van der Waals surface area contributed by atoms with E-state index in [1.165, 1.54) is 16.4 Å². The Morgan fingerprint density at radius 1 is 1.40 bits per heavy atom. The average molecular weight is 318 g/mol. The highest BCUT2D eigenvalue weighted by molar-refractivity contribution is 7.92. The van der Waals surface area contributed by atoms with Crippen molar-refractivity contribution >= 4 is 25.5 Å². The van der Waals surface area contributed by atoms with Gasteiger partial charge in [0.2, 0.25) is 10.0 Å². The maximum Gasteiger partial charge on any atom is 0.243 e. The summed E-state index contributed by atoms with van der Waals surface area (Å²) in [5.41, 5.74) is 5.98. The molecule has 8 heteroatoms. The molecule has 1 aromatic rings. The number of hydrogen-bond acceptors (Lipinski definition) is 5. The lowest BCUT2D eigenvalue weighted by Crippen LogP contribution is -2.40. The van der Waals surface area contributed by atoms with Gasteiger partial charge in [0, 0.05) is 18.3 Å². The molecule has 1 aliphatic heterocycles. The van der Waals surface area contributed by atoms with E-state index >= 15 is 0 Å². The van der Waals surface area contributed by atoms with Gasteiger partial charge in [-0.15, -0.1) is 0 Å². The van der Waals surface area contributed by atoms with Crippen molar-refractivity contribution < 1.29 is 16.8 Å². The molecule has 0 bridgehead atoms. The van der Waals surface area contributed by atoms with Gasteiger partial charge in [-0.3, -0.25) is 0 Å². The third-order valence-electron chi connectivity index (χ3n) is 3.39. The van der Waals surface area contributed by atoms with E-state index in [0.717, 1.165) is 0 Å². The van der Waals surface area contributed by atoms with Gasteiger partial charge in [-0.25, -0.2) is 16.8 Å². The molecule has 0 amide bonds. The number of anilines is 1. The Kier molecular flexibility index (Phi) is 4.08. The van der Waals surface area contributed by atoms with E-state index in [4.69, 9.17) is 5.73 Å².